The molecular formula is C23H28O2S. The topological polar surface area (TPSA) is 37.3 Å². The van der Waals surface area contributed by atoms with E-state index in [1.54, 1.807) is 11.3 Å². The van der Waals surface area contributed by atoms with Crippen molar-refractivity contribution in [3.05, 3.63) is 70.5 Å². The molecule has 0 atom stereocenters. The van der Waals surface area contributed by atoms with E-state index in [4.69, 9.17) is 5.11 Å². The predicted molar refractivity (Wildman–Crippen MR) is 112 cm³/mol. The van der Waals surface area contributed by atoms with Gasteiger partial charge in [-0.1, -0.05) is 67.4 Å². The first-order valence-corrected chi connectivity index (χ1v) is 9.98. The molecule has 1 aromatic heterocycles. The molecule has 0 aliphatic rings. The molecule has 0 aliphatic carbocycles. The van der Waals surface area contributed by atoms with Gasteiger partial charge in [0, 0.05) is 22.2 Å². The Morgan fingerprint density at radius 2 is 1.65 bits per heavy atom. The number of rotatable bonds is 11. The Morgan fingerprint density at radius 3 is 2.27 bits per heavy atom. The average Bonchev–Trinajstić information content (AvgIpc) is 3.08. The van der Waals surface area contributed by atoms with Gasteiger partial charge in [-0.2, -0.15) is 0 Å². The number of allylic oxidation sites excluding steroid dienone is 8. The van der Waals surface area contributed by atoms with Crippen LogP contribution in [-0.4, -0.2) is 11.1 Å². The molecule has 0 amide bonds. The molecule has 0 bridgehead atoms. The number of aryl methyl sites for hydroxylation is 1. The van der Waals surface area contributed by atoms with E-state index in [2.05, 4.69) is 67.4 Å². The number of hydrogen-bond acceptors (Lipinski definition) is 2. The molecule has 26 heavy (non-hydrogen) atoms. The molecule has 0 saturated heterocycles. The Balaban J connectivity index is 2.16. The molecule has 0 saturated carbocycles. The van der Waals surface area contributed by atoms with Gasteiger partial charge in [0.15, 0.2) is 0 Å². The minimum absolute atomic E-state index is 0.176. The smallest absolute Gasteiger partial charge is 0.303 e. The van der Waals surface area contributed by atoms with Gasteiger partial charge in [-0.15, -0.1) is 11.3 Å². The summed E-state index contributed by atoms with van der Waals surface area (Å²) < 4.78 is 0. The van der Waals surface area contributed by atoms with Gasteiger partial charge in [-0.25, -0.2) is 0 Å². The van der Waals surface area contributed by atoms with Crippen molar-refractivity contribution in [3.8, 4) is 11.8 Å². The lowest BCUT2D eigenvalue weighted by atomic mass is 10.2. The van der Waals surface area contributed by atoms with Gasteiger partial charge in [0.25, 0.3) is 0 Å². The quantitative estimate of drug-likeness (QED) is 0.367. The molecule has 0 spiro atoms. The SMILES string of the molecule is CC/C=C\C/C=C\C/C=C\C/C=C\CC#Cc1csc(CCC(=O)O)c1. The maximum Gasteiger partial charge on any atom is 0.303 e. The van der Waals surface area contributed by atoms with E-state index in [0.717, 1.165) is 42.5 Å². The minimum Gasteiger partial charge on any atom is -0.481 e. The van der Waals surface area contributed by atoms with Crippen molar-refractivity contribution in [1.29, 1.82) is 0 Å². The monoisotopic (exact) mass is 368 g/mol. The Hall–Kier alpha value is -2.31. The third-order valence-corrected chi connectivity index (χ3v) is 4.41. The number of aliphatic carboxylic acids is 1. The van der Waals surface area contributed by atoms with Gasteiger partial charge in [0.1, 0.15) is 0 Å². The van der Waals surface area contributed by atoms with Crippen LogP contribution in [0.5, 0.6) is 0 Å². The molecule has 0 aliphatic heterocycles. The van der Waals surface area contributed by atoms with E-state index in [0.29, 0.717) is 6.42 Å². The summed E-state index contributed by atoms with van der Waals surface area (Å²) in [6.45, 7) is 2.14. The molecule has 138 valence electrons. The van der Waals surface area contributed by atoms with Gasteiger partial charge in [-0.3, -0.25) is 4.79 Å². The molecule has 1 N–H and O–H groups in total. The molecule has 0 fully saturated rings. The second-order valence-electron chi connectivity index (χ2n) is 5.70. The second kappa shape index (κ2) is 15.0. The minimum atomic E-state index is -0.759. The highest BCUT2D eigenvalue weighted by molar-refractivity contribution is 7.10. The molecular weight excluding hydrogens is 340 g/mol. The Labute approximate surface area is 161 Å². The fraction of sp³-hybridized carbons (Fsp3) is 0.348. The van der Waals surface area contributed by atoms with Crippen molar-refractivity contribution < 1.29 is 9.90 Å². The van der Waals surface area contributed by atoms with E-state index in [9.17, 15) is 4.79 Å². The van der Waals surface area contributed by atoms with Crippen molar-refractivity contribution >= 4 is 17.3 Å². The summed E-state index contributed by atoms with van der Waals surface area (Å²) in [5.74, 6) is 5.49. The van der Waals surface area contributed by atoms with Crippen molar-refractivity contribution in [2.45, 2.75) is 51.9 Å². The fourth-order valence-electron chi connectivity index (χ4n) is 2.08. The fourth-order valence-corrected chi connectivity index (χ4v) is 2.90. The summed E-state index contributed by atoms with van der Waals surface area (Å²) >= 11 is 1.58. The normalized spacial score (nSPS) is 11.7. The molecule has 0 radical (unpaired) electrons. The van der Waals surface area contributed by atoms with Gasteiger partial charge in [-0.05, 0) is 38.2 Å². The molecule has 1 rings (SSSR count). The molecule has 1 heterocycles. The Kier molecular flexibility index (Phi) is 12.5. The first-order chi connectivity index (χ1) is 12.7. The van der Waals surface area contributed by atoms with E-state index in [1.165, 1.54) is 0 Å². The number of carbonyl (C=O) groups is 1. The van der Waals surface area contributed by atoms with Crippen LogP contribution < -0.4 is 0 Å². The van der Waals surface area contributed by atoms with Crippen LogP contribution in [0.2, 0.25) is 0 Å². The lowest BCUT2D eigenvalue weighted by Gasteiger charge is -1.90. The third kappa shape index (κ3) is 12.1. The van der Waals surface area contributed by atoms with E-state index in [-0.39, 0.29) is 6.42 Å². The lowest BCUT2D eigenvalue weighted by Crippen LogP contribution is -1.95. The number of carboxylic acid groups (broad SMARTS) is 1. The van der Waals surface area contributed by atoms with Crippen molar-refractivity contribution in [3.63, 3.8) is 0 Å². The van der Waals surface area contributed by atoms with Gasteiger partial charge >= 0.3 is 5.97 Å². The van der Waals surface area contributed by atoms with Crippen LogP contribution >= 0.6 is 11.3 Å². The largest absolute Gasteiger partial charge is 0.481 e. The van der Waals surface area contributed by atoms with Crippen LogP contribution in [0.3, 0.4) is 0 Å². The number of carboxylic acids is 1. The van der Waals surface area contributed by atoms with E-state index >= 15 is 0 Å². The first kappa shape index (κ1) is 21.7. The zero-order valence-corrected chi connectivity index (χ0v) is 16.3. The number of hydrogen-bond donors (Lipinski definition) is 1. The number of thiophene rings is 1. The van der Waals surface area contributed by atoms with E-state index in [1.807, 2.05) is 11.4 Å². The highest BCUT2D eigenvalue weighted by atomic mass is 32.1. The van der Waals surface area contributed by atoms with Crippen LogP contribution in [0, 0.1) is 11.8 Å². The average molecular weight is 369 g/mol. The van der Waals surface area contributed by atoms with Crippen LogP contribution in [0.25, 0.3) is 0 Å². The summed E-state index contributed by atoms with van der Waals surface area (Å²) in [6, 6.07) is 1.98. The summed E-state index contributed by atoms with van der Waals surface area (Å²) in [5.41, 5.74) is 0.976. The summed E-state index contributed by atoms with van der Waals surface area (Å²) in [7, 11) is 0. The van der Waals surface area contributed by atoms with Crippen molar-refractivity contribution in [1.82, 2.24) is 0 Å². The van der Waals surface area contributed by atoms with Crippen LogP contribution in [0.4, 0.5) is 0 Å². The molecule has 0 aromatic carbocycles. The molecule has 1 aromatic rings. The van der Waals surface area contributed by atoms with Crippen LogP contribution in [-0.2, 0) is 11.2 Å². The Bertz CT molecular complexity index is 693. The second-order valence-corrected chi connectivity index (χ2v) is 6.70. The van der Waals surface area contributed by atoms with Crippen molar-refractivity contribution in [2.24, 2.45) is 0 Å². The lowest BCUT2D eigenvalue weighted by molar-refractivity contribution is -0.136. The summed E-state index contributed by atoms with van der Waals surface area (Å²) in [4.78, 5) is 11.6. The third-order valence-electron chi connectivity index (χ3n) is 3.41. The van der Waals surface area contributed by atoms with E-state index < -0.39 is 5.97 Å². The zero-order valence-electron chi connectivity index (χ0n) is 15.5. The van der Waals surface area contributed by atoms with Crippen LogP contribution in [0.15, 0.2) is 60.1 Å². The summed E-state index contributed by atoms with van der Waals surface area (Å²) in [6.07, 6.45) is 22.9. The van der Waals surface area contributed by atoms with Crippen molar-refractivity contribution in [2.75, 3.05) is 0 Å². The zero-order chi connectivity index (χ0) is 18.9. The first-order valence-electron chi connectivity index (χ1n) is 9.10. The predicted octanol–water partition coefficient (Wildman–Crippen LogP) is 6.31. The highest BCUT2D eigenvalue weighted by Gasteiger charge is 2.01. The van der Waals surface area contributed by atoms with Crippen LogP contribution in [0.1, 0.15) is 55.9 Å². The van der Waals surface area contributed by atoms with Gasteiger partial charge < -0.3 is 5.11 Å². The summed E-state index contributed by atoms with van der Waals surface area (Å²) in [5, 5.41) is 10.7. The standard InChI is InChI=1S/C23H28O2S/c1-2-3-4-5-6-7-8-9-10-11-12-13-14-15-16-21-19-22(26-20-21)17-18-23(24)25/h3-4,6-7,9-10,12-13,19-20H,2,5,8,11,14,17-18H2,1H3,(H,24,25)/b4-3-,7-6-,10-9-,13-12-. The maximum absolute atomic E-state index is 10.6. The molecule has 2 nitrogen and oxygen atoms in total. The maximum atomic E-state index is 10.6. The highest BCUT2D eigenvalue weighted by Crippen LogP contribution is 2.15. The van der Waals surface area contributed by atoms with Gasteiger partial charge in [0.05, 0.1) is 6.42 Å². The molecule has 3 heteroatoms. The van der Waals surface area contributed by atoms with Gasteiger partial charge in [0.2, 0.25) is 0 Å². The Morgan fingerprint density at radius 1 is 1.04 bits per heavy atom. The molecule has 0 unspecified atom stereocenters.